The van der Waals surface area contributed by atoms with Crippen LogP contribution in [0.2, 0.25) is 0 Å². The SMILES string of the molecule is CCCC(NC(=O)[C@@H]1[C@H](c2ccccc2)CN1C(=O)C(NC(=O)OC(C)(C)C)C1CCCCC1)C(=O)C(N)=O. The number of carbonyl (C=O) groups is 5. The lowest BCUT2D eigenvalue weighted by atomic mass is 9.78. The van der Waals surface area contributed by atoms with Gasteiger partial charge in [-0.25, -0.2) is 4.79 Å². The zero-order chi connectivity index (χ0) is 28.7. The Morgan fingerprint density at radius 1 is 1.03 bits per heavy atom. The Morgan fingerprint density at radius 2 is 1.67 bits per heavy atom. The molecule has 10 nitrogen and oxygen atoms in total. The summed E-state index contributed by atoms with van der Waals surface area (Å²) < 4.78 is 5.45. The van der Waals surface area contributed by atoms with E-state index in [1.807, 2.05) is 37.3 Å². The maximum absolute atomic E-state index is 14.0. The van der Waals surface area contributed by atoms with Crippen LogP contribution in [0.3, 0.4) is 0 Å². The molecule has 1 aliphatic heterocycles. The van der Waals surface area contributed by atoms with Crippen molar-refractivity contribution in [3.8, 4) is 0 Å². The molecule has 1 aliphatic carbocycles. The van der Waals surface area contributed by atoms with Crippen molar-refractivity contribution in [3.63, 3.8) is 0 Å². The molecule has 1 saturated heterocycles. The van der Waals surface area contributed by atoms with Crippen LogP contribution in [-0.4, -0.2) is 64.8 Å². The highest BCUT2D eigenvalue weighted by Gasteiger charge is 2.50. The highest BCUT2D eigenvalue weighted by molar-refractivity contribution is 6.37. The Bertz CT molecular complexity index is 1050. The zero-order valence-electron chi connectivity index (χ0n) is 23.4. The van der Waals surface area contributed by atoms with Gasteiger partial charge in [-0.15, -0.1) is 0 Å². The average molecular weight is 543 g/mol. The van der Waals surface area contributed by atoms with Crippen LogP contribution in [-0.2, 0) is 23.9 Å². The molecule has 39 heavy (non-hydrogen) atoms. The molecule has 2 fully saturated rings. The molecule has 1 heterocycles. The van der Waals surface area contributed by atoms with Gasteiger partial charge in [-0.3, -0.25) is 19.2 Å². The summed E-state index contributed by atoms with van der Waals surface area (Å²) in [6.45, 7) is 7.37. The number of hydrogen-bond donors (Lipinski definition) is 3. The van der Waals surface area contributed by atoms with Gasteiger partial charge in [0, 0.05) is 12.5 Å². The van der Waals surface area contributed by atoms with Crippen LogP contribution in [0, 0.1) is 5.92 Å². The standard InChI is InChI=1S/C29H42N4O6/c1-5-12-21(24(34)25(30)35)31-26(36)23-20(18-13-8-6-9-14-18)17-33(23)27(37)22(19-15-10-7-11-16-19)32-28(38)39-29(2,3)4/h6,8-9,13-14,19-23H,5,7,10-12,15-17H2,1-4H3,(H2,30,35)(H,31,36)(H,32,38)/t20-,21?,22?,23-/m0/s1. The molecule has 1 aromatic rings. The highest BCUT2D eigenvalue weighted by Crippen LogP contribution is 2.37. The predicted octanol–water partition coefficient (Wildman–Crippen LogP) is 2.79. The summed E-state index contributed by atoms with van der Waals surface area (Å²) in [4.78, 5) is 65.8. The first-order valence-corrected chi connectivity index (χ1v) is 13.9. The zero-order valence-corrected chi connectivity index (χ0v) is 23.4. The maximum atomic E-state index is 14.0. The molecule has 1 saturated carbocycles. The number of primary amides is 1. The third-order valence-corrected chi connectivity index (χ3v) is 7.40. The Hall–Kier alpha value is -3.43. The van der Waals surface area contributed by atoms with Gasteiger partial charge >= 0.3 is 6.09 Å². The molecule has 2 aliphatic rings. The second-order valence-electron chi connectivity index (χ2n) is 11.6. The lowest BCUT2D eigenvalue weighted by Gasteiger charge is -2.49. The molecule has 3 rings (SSSR count). The number of ketones is 1. The van der Waals surface area contributed by atoms with Crippen LogP contribution >= 0.6 is 0 Å². The van der Waals surface area contributed by atoms with Crippen LogP contribution in [0.4, 0.5) is 4.79 Å². The van der Waals surface area contributed by atoms with Crippen molar-refractivity contribution in [1.29, 1.82) is 0 Å². The lowest BCUT2D eigenvalue weighted by Crippen LogP contribution is -2.68. The third kappa shape index (κ3) is 7.80. The number of likely N-dealkylation sites (tertiary alicyclic amines) is 1. The molecule has 0 aromatic heterocycles. The quantitative estimate of drug-likeness (QED) is 0.387. The van der Waals surface area contributed by atoms with Gasteiger partial charge in [0.1, 0.15) is 17.7 Å². The van der Waals surface area contributed by atoms with E-state index < -0.39 is 47.4 Å². The smallest absolute Gasteiger partial charge is 0.408 e. The largest absolute Gasteiger partial charge is 0.444 e. The molecular formula is C29H42N4O6. The number of nitrogens with one attached hydrogen (secondary N) is 2. The number of rotatable bonds is 10. The number of Topliss-reactive ketones (excluding diaryl/α,β-unsaturated/α-hetero) is 1. The normalized spacial score (nSPS) is 21.2. The van der Waals surface area contributed by atoms with Crippen LogP contribution < -0.4 is 16.4 Å². The molecule has 1 aromatic carbocycles. The second kappa shape index (κ2) is 13.1. The maximum Gasteiger partial charge on any atom is 0.408 e. The van der Waals surface area contributed by atoms with E-state index in [-0.39, 0.29) is 30.7 Å². The molecule has 0 radical (unpaired) electrons. The van der Waals surface area contributed by atoms with E-state index in [2.05, 4.69) is 10.6 Å². The van der Waals surface area contributed by atoms with Gasteiger partial charge in [0.15, 0.2) is 0 Å². The number of benzene rings is 1. The first-order chi connectivity index (χ1) is 18.4. The number of amides is 4. The Morgan fingerprint density at radius 3 is 2.23 bits per heavy atom. The Kier molecular flexibility index (Phi) is 10.1. The third-order valence-electron chi connectivity index (χ3n) is 7.40. The molecule has 214 valence electrons. The molecule has 2 unspecified atom stereocenters. The van der Waals surface area contributed by atoms with Crippen molar-refractivity contribution in [2.75, 3.05) is 6.54 Å². The number of alkyl carbamates (subject to hydrolysis) is 1. The summed E-state index contributed by atoms with van der Waals surface area (Å²) in [5, 5.41) is 5.48. The lowest BCUT2D eigenvalue weighted by molar-refractivity contribution is -0.153. The van der Waals surface area contributed by atoms with Crippen molar-refractivity contribution < 1.29 is 28.7 Å². The molecule has 0 bridgehead atoms. The van der Waals surface area contributed by atoms with E-state index in [0.29, 0.717) is 6.42 Å². The summed E-state index contributed by atoms with van der Waals surface area (Å²) >= 11 is 0. The van der Waals surface area contributed by atoms with E-state index >= 15 is 0 Å². The molecule has 10 heteroatoms. The van der Waals surface area contributed by atoms with Crippen LogP contribution in [0.25, 0.3) is 0 Å². The van der Waals surface area contributed by atoms with Crippen molar-refractivity contribution in [3.05, 3.63) is 35.9 Å². The van der Waals surface area contributed by atoms with Gasteiger partial charge in [-0.2, -0.15) is 0 Å². The fourth-order valence-corrected chi connectivity index (χ4v) is 5.49. The minimum atomic E-state index is -1.12. The van der Waals surface area contributed by atoms with Gasteiger partial charge in [0.2, 0.25) is 17.6 Å². The number of nitrogens with two attached hydrogens (primary N) is 1. The minimum absolute atomic E-state index is 0.0810. The fraction of sp³-hybridized carbons (Fsp3) is 0.621. The number of ether oxygens (including phenoxy) is 1. The van der Waals surface area contributed by atoms with E-state index in [9.17, 15) is 24.0 Å². The van der Waals surface area contributed by atoms with E-state index in [1.54, 1.807) is 20.8 Å². The van der Waals surface area contributed by atoms with Crippen molar-refractivity contribution >= 4 is 29.6 Å². The summed E-state index contributed by atoms with van der Waals surface area (Å²) in [6, 6.07) is 6.55. The molecule has 0 spiro atoms. The molecule has 4 amide bonds. The topological polar surface area (TPSA) is 148 Å². The van der Waals surface area contributed by atoms with Crippen LogP contribution in [0.1, 0.15) is 84.1 Å². The number of hydrogen-bond acceptors (Lipinski definition) is 6. The Labute approximate surface area is 230 Å². The number of nitrogens with zero attached hydrogens (tertiary/aromatic N) is 1. The second-order valence-corrected chi connectivity index (χ2v) is 11.6. The first kappa shape index (κ1) is 30.1. The number of carbonyl (C=O) groups excluding carboxylic acids is 5. The summed E-state index contributed by atoms with van der Waals surface area (Å²) in [7, 11) is 0. The van der Waals surface area contributed by atoms with E-state index in [4.69, 9.17) is 10.5 Å². The predicted molar refractivity (Wildman–Crippen MR) is 145 cm³/mol. The summed E-state index contributed by atoms with van der Waals surface area (Å²) in [6.07, 6.45) is 4.65. The van der Waals surface area contributed by atoms with Gasteiger partial charge in [-0.05, 0) is 51.5 Å². The first-order valence-electron chi connectivity index (χ1n) is 13.9. The Balaban J connectivity index is 1.88. The van der Waals surface area contributed by atoms with Gasteiger partial charge in [-0.1, -0.05) is 62.9 Å². The van der Waals surface area contributed by atoms with Crippen molar-refractivity contribution in [1.82, 2.24) is 15.5 Å². The van der Waals surface area contributed by atoms with Crippen molar-refractivity contribution in [2.45, 2.75) is 102 Å². The summed E-state index contributed by atoms with van der Waals surface area (Å²) in [5.41, 5.74) is 5.36. The summed E-state index contributed by atoms with van der Waals surface area (Å²) in [5.74, 6) is -3.26. The van der Waals surface area contributed by atoms with Crippen LogP contribution in [0.5, 0.6) is 0 Å². The van der Waals surface area contributed by atoms with E-state index in [0.717, 1.165) is 37.7 Å². The fourth-order valence-electron chi connectivity index (χ4n) is 5.49. The molecule has 4 N–H and O–H groups in total. The molecular weight excluding hydrogens is 500 g/mol. The van der Waals surface area contributed by atoms with E-state index in [1.165, 1.54) is 4.90 Å². The van der Waals surface area contributed by atoms with Crippen LogP contribution in [0.15, 0.2) is 30.3 Å². The van der Waals surface area contributed by atoms with Gasteiger partial charge in [0.25, 0.3) is 5.91 Å². The minimum Gasteiger partial charge on any atom is -0.444 e. The van der Waals surface area contributed by atoms with Gasteiger partial charge < -0.3 is 26.0 Å². The average Bonchev–Trinajstić information content (AvgIpc) is 2.86. The van der Waals surface area contributed by atoms with Gasteiger partial charge in [0.05, 0.1) is 6.04 Å². The molecule has 4 atom stereocenters. The monoisotopic (exact) mass is 542 g/mol. The highest BCUT2D eigenvalue weighted by atomic mass is 16.6. The van der Waals surface area contributed by atoms with Crippen molar-refractivity contribution in [2.24, 2.45) is 11.7 Å².